The highest BCUT2D eigenvalue weighted by Crippen LogP contribution is 2.35. The molecule has 1 unspecified atom stereocenters. The van der Waals surface area contributed by atoms with Gasteiger partial charge in [0.1, 0.15) is 47.2 Å². The summed E-state index contributed by atoms with van der Waals surface area (Å²) >= 11 is 0. The van der Waals surface area contributed by atoms with Crippen molar-refractivity contribution in [1.82, 2.24) is 0 Å². The number of Topliss-reactive ketones (excluding diaryl/α,β-unsaturated/α-hetero) is 1. The van der Waals surface area contributed by atoms with Gasteiger partial charge < -0.3 is 29.6 Å². The van der Waals surface area contributed by atoms with Gasteiger partial charge in [0.2, 0.25) is 0 Å². The van der Waals surface area contributed by atoms with Gasteiger partial charge in [-0.1, -0.05) is 24.3 Å². The lowest BCUT2D eigenvalue weighted by molar-refractivity contribution is 0.0896. The molecule has 4 aromatic carbocycles. The number of fused-ring (bicyclic) bond motifs is 2. The summed E-state index contributed by atoms with van der Waals surface area (Å²) in [5, 5.41) is 37.6. The molecule has 2 heterocycles. The fourth-order valence-electron chi connectivity index (χ4n) is 4.18. The first kappa shape index (κ1) is 24.5. The Bertz CT molecular complexity index is 1690. The number of ether oxygens (including phenoxy) is 1. The number of rotatable bonds is 2. The second kappa shape index (κ2) is 10.0. The maximum absolute atomic E-state index is 12.4. The van der Waals surface area contributed by atoms with Gasteiger partial charge in [-0.15, -0.1) is 0 Å². The molecule has 190 valence electrons. The Labute approximate surface area is 216 Å². The second-order valence-corrected chi connectivity index (χ2v) is 8.71. The number of hydrogen-bond acceptors (Lipinski definition) is 8. The van der Waals surface area contributed by atoms with Crippen molar-refractivity contribution in [1.29, 1.82) is 0 Å². The van der Waals surface area contributed by atoms with Crippen molar-refractivity contribution in [3.63, 3.8) is 0 Å². The minimum absolute atomic E-state index is 0.0352. The van der Waals surface area contributed by atoms with Gasteiger partial charge in [0.25, 0.3) is 0 Å². The predicted octanol–water partition coefficient (Wildman–Crippen LogP) is 5.33. The highest BCUT2D eigenvalue weighted by atomic mass is 16.5. The molecule has 5 aromatic rings. The number of ketones is 1. The minimum atomic E-state index is -0.377. The predicted molar refractivity (Wildman–Crippen MR) is 140 cm³/mol. The summed E-state index contributed by atoms with van der Waals surface area (Å²) in [6, 6.07) is 21.7. The highest BCUT2D eigenvalue weighted by Gasteiger charge is 2.30. The van der Waals surface area contributed by atoms with Crippen LogP contribution in [0.4, 0.5) is 0 Å². The van der Waals surface area contributed by atoms with Gasteiger partial charge in [0.15, 0.2) is 11.2 Å². The number of benzene rings is 4. The minimum Gasteiger partial charge on any atom is -0.508 e. The Morgan fingerprint density at radius 1 is 0.658 bits per heavy atom. The molecule has 1 aliphatic rings. The van der Waals surface area contributed by atoms with E-state index in [0.717, 1.165) is 5.56 Å². The van der Waals surface area contributed by atoms with Crippen LogP contribution in [0.1, 0.15) is 21.8 Å². The van der Waals surface area contributed by atoms with Crippen molar-refractivity contribution < 1.29 is 34.4 Å². The maximum Gasteiger partial charge on any atom is 0.200 e. The Morgan fingerprint density at radius 3 is 1.97 bits per heavy atom. The molecule has 38 heavy (non-hydrogen) atoms. The van der Waals surface area contributed by atoms with Crippen molar-refractivity contribution in [2.24, 2.45) is 0 Å². The fraction of sp³-hybridized carbons (Fsp3) is 0.0667. The average Bonchev–Trinajstić information content (AvgIpc) is 2.91. The third kappa shape index (κ3) is 4.87. The van der Waals surface area contributed by atoms with Gasteiger partial charge in [-0.25, -0.2) is 0 Å². The normalized spacial score (nSPS) is 14.2. The molecule has 0 bridgehead atoms. The lowest BCUT2D eigenvalue weighted by Crippen LogP contribution is -2.25. The zero-order chi connectivity index (χ0) is 26.8. The highest BCUT2D eigenvalue weighted by molar-refractivity contribution is 6.04. The van der Waals surface area contributed by atoms with Crippen LogP contribution in [-0.4, -0.2) is 32.8 Å². The molecular formula is C30H22O8. The molecule has 0 fully saturated rings. The summed E-state index contributed by atoms with van der Waals surface area (Å²) in [6.07, 6.45) is 1.36. The first-order chi connectivity index (χ1) is 18.3. The SMILES string of the molecule is O=C1c2ccc(O)cc2OCC1c1ccc(O)cc1.O=c1c(-c2ccc(O)cc2)coc2cc(O)ccc12. The Kier molecular flexibility index (Phi) is 6.45. The Hall–Kier alpha value is -5.24. The lowest BCUT2D eigenvalue weighted by Gasteiger charge is -2.24. The third-order valence-corrected chi connectivity index (χ3v) is 6.18. The van der Waals surface area contributed by atoms with Crippen LogP contribution >= 0.6 is 0 Å². The van der Waals surface area contributed by atoms with E-state index in [1.807, 2.05) is 0 Å². The largest absolute Gasteiger partial charge is 0.508 e. The number of aromatic hydroxyl groups is 4. The summed E-state index contributed by atoms with van der Waals surface area (Å²) in [7, 11) is 0. The molecule has 0 saturated carbocycles. The molecule has 0 spiro atoms. The fourth-order valence-corrected chi connectivity index (χ4v) is 4.18. The van der Waals surface area contributed by atoms with Crippen LogP contribution in [0.25, 0.3) is 22.1 Å². The smallest absolute Gasteiger partial charge is 0.200 e. The number of phenols is 4. The van der Waals surface area contributed by atoms with E-state index < -0.39 is 0 Å². The van der Waals surface area contributed by atoms with E-state index >= 15 is 0 Å². The molecule has 1 aliphatic heterocycles. The van der Waals surface area contributed by atoms with Crippen LogP contribution < -0.4 is 10.2 Å². The van der Waals surface area contributed by atoms with E-state index in [4.69, 9.17) is 9.15 Å². The maximum atomic E-state index is 12.4. The molecule has 0 radical (unpaired) electrons. The molecule has 4 N–H and O–H groups in total. The molecule has 6 rings (SSSR count). The Morgan fingerprint density at radius 2 is 1.26 bits per heavy atom. The van der Waals surface area contributed by atoms with Crippen molar-refractivity contribution in [2.75, 3.05) is 6.61 Å². The summed E-state index contributed by atoms with van der Waals surface area (Å²) in [6.45, 7) is 0.236. The van der Waals surface area contributed by atoms with E-state index in [1.165, 1.54) is 48.7 Å². The molecule has 0 amide bonds. The zero-order valence-corrected chi connectivity index (χ0v) is 19.9. The van der Waals surface area contributed by atoms with Gasteiger partial charge in [-0.2, -0.15) is 0 Å². The van der Waals surface area contributed by atoms with Crippen LogP contribution in [0.2, 0.25) is 0 Å². The van der Waals surface area contributed by atoms with Gasteiger partial charge in [-0.05, 0) is 59.7 Å². The number of phenolic OH excluding ortho intramolecular Hbond substituents is 4. The number of carbonyl (C=O) groups excluding carboxylic acids is 1. The van der Waals surface area contributed by atoms with E-state index in [0.29, 0.717) is 33.4 Å². The molecule has 1 atom stereocenters. The van der Waals surface area contributed by atoms with Crippen LogP contribution in [0.5, 0.6) is 28.7 Å². The summed E-state index contributed by atoms with van der Waals surface area (Å²) < 4.78 is 10.9. The number of hydrogen-bond donors (Lipinski definition) is 4. The van der Waals surface area contributed by atoms with Gasteiger partial charge >= 0.3 is 0 Å². The quantitative estimate of drug-likeness (QED) is 0.250. The van der Waals surface area contributed by atoms with Gasteiger partial charge in [-0.3, -0.25) is 9.59 Å². The molecular weight excluding hydrogens is 488 g/mol. The summed E-state index contributed by atoms with van der Waals surface area (Å²) in [5.74, 6) is 0.435. The molecule has 8 heteroatoms. The standard InChI is InChI=1S/C15H12O4.C15H10O4/c2*16-10-3-1-9(2-4-10)13-8-19-14-7-11(17)5-6-12(14)15(13)18/h1-7,13,16-17H,8H2;1-8,16-17H. The van der Waals surface area contributed by atoms with Gasteiger partial charge in [0, 0.05) is 12.1 Å². The van der Waals surface area contributed by atoms with Crippen molar-refractivity contribution in [3.8, 4) is 39.9 Å². The Balaban J connectivity index is 0.000000155. The molecule has 0 aliphatic carbocycles. The molecule has 8 nitrogen and oxygen atoms in total. The van der Waals surface area contributed by atoms with E-state index in [1.54, 1.807) is 42.5 Å². The van der Waals surface area contributed by atoms with E-state index in [9.17, 15) is 30.0 Å². The molecule has 0 saturated heterocycles. The van der Waals surface area contributed by atoms with E-state index in [2.05, 4.69) is 0 Å². The monoisotopic (exact) mass is 510 g/mol. The van der Waals surface area contributed by atoms with Crippen molar-refractivity contribution >= 4 is 16.8 Å². The van der Waals surface area contributed by atoms with Crippen molar-refractivity contribution in [2.45, 2.75) is 5.92 Å². The first-order valence-corrected chi connectivity index (χ1v) is 11.6. The topological polar surface area (TPSA) is 137 Å². The molecule has 1 aromatic heterocycles. The second-order valence-electron chi connectivity index (χ2n) is 8.71. The summed E-state index contributed by atoms with van der Waals surface area (Å²) in [4.78, 5) is 24.7. The first-order valence-electron chi connectivity index (χ1n) is 11.6. The van der Waals surface area contributed by atoms with Crippen LogP contribution in [0.3, 0.4) is 0 Å². The number of carbonyl (C=O) groups is 1. The van der Waals surface area contributed by atoms with Gasteiger partial charge in [0.05, 0.1) is 22.4 Å². The van der Waals surface area contributed by atoms with Crippen LogP contribution in [-0.2, 0) is 0 Å². The van der Waals surface area contributed by atoms with Crippen LogP contribution in [0.15, 0.2) is 100 Å². The zero-order valence-electron chi connectivity index (χ0n) is 19.9. The van der Waals surface area contributed by atoms with E-state index in [-0.39, 0.29) is 46.7 Å². The lowest BCUT2D eigenvalue weighted by atomic mass is 9.89. The average molecular weight is 510 g/mol. The third-order valence-electron chi connectivity index (χ3n) is 6.18. The summed E-state index contributed by atoms with van der Waals surface area (Å²) in [5.41, 5.74) is 2.53. The van der Waals surface area contributed by atoms with Crippen molar-refractivity contribution in [3.05, 3.63) is 113 Å². The van der Waals surface area contributed by atoms with Crippen LogP contribution in [0, 0.1) is 0 Å².